The molecule has 1 aliphatic heterocycles. The molecule has 1 heterocycles. The summed E-state index contributed by atoms with van der Waals surface area (Å²) in [6.07, 6.45) is 0.213. The summed E-state index contributed by atoms with van der Waals surface area (Å²) in [5, 5.41) is 8.28. The highest BCUT2D eigenvalue weighted by atomic mass is 31.2. The predicted molar refractivity (Wildman–Crippen MR) is 64.6 cm³/mol. The summed E-state index contributed by atoms with van der Waals surface area (Å²) in [7, 11) is -0.665. The topological polar surface area (TPSA) is 98.0 Å². The van der Waals surface area contributed by atoms with Gasteiger partial charge in [-0.3, -0.25) is 9.05 Å². The van der Waals surface area contributed by atoms with Crippen molar-refractivity contribution in [2.75, 3.05) is 20.3 Å². The molecule has 4 atom stereocenters. The molecule has 0 radical (unpaired) electrons. The molecule has 1 aliphatic rings. The Bertz CT molecular complexity index is 348. The standard InChI is InChI=1S/C9H17BNO6P/c1-14-7-5-9(10)17-8(7)6-16-18(12,13)15-4-2-3-11/h7-9H,2,4-6,10H2,1H3,(H,12,13)/t7-,8?,9-/m1/s1. The Labute approximate surface area is 107 Å². The summed E-state index contributed by atoms with van der Waals surface area (Å²) in [4.78, 5) is 9.33. The molecule has 0 saturated carbocycles. The van der Waals surface area contributed by atoms with E-state index in [0.717, 1.165) is 6.42 Å². The van der Waals surface area contributed by atoms with Gasteiger partial charge in [-0.15, -0.1) is 0 Å². The third kappa shape index (κ3) is 5.06. The lowest BCUT2D eigenvalue weighted by Gasteiger charge is -2.19. The molecule has 0 spiro atoms. The average Bonchev–Trinajstić information content (AvgIpc) is 2.67. The van der Waals surface area contributed by atoms with Crippen molar-refractivity contribution >= 4 is 15.7 Å². The monoisotopic (exact) mass is 277 g/mol. The van der Waals surface area contributed by atoms with Gasteiger partial charge >= 0.3 is 7.82 Å². The molecule has 0 aromatic rings. The molecule has 0 aromatic heterocycles. The first-order chi connectivity index (χ1) is 8.48. The number of hydrogen-bond donors (Lipinski definition) is 1. The summed E-state index contributed by atoms with van der Waals surface area (Å²) in [5.74, 6) is 0. The summed E-state index contributed by atoms with van der Waals surface area (Å²) in [6, 6.07) is 1.83. The summed E-state index contributed by atoms with van der Waals surface area (Å²) in [5.41, 5.74) is 0. The smallest absolute Gasteiger partial charge is 0.379 e. The molecular formula is C9H17BNO6P. The maximum absolute atomic E-state index is 11.4. The minimum absolute atomic E-state index is 0.0288. The Hall–Kier alpha value is -0.415. The minimum Gasteiger partial charge on any atom is -0.379 e. The van der Waals surface area contributed by atoms with Crippen LogP contribution in [0.3, 0.4) is 0 Å². The Morgan fingerprint density at radius 2 is 2.33 bits per heavy atom. The lowest BCUT2D eigenvalue weighted by molar-refractivity contribution is -0.0221. The zero-order valence-electron chi connectivity index (χ0n) is 10.4. The van der Waals surface area contributed by atoms with E-state index >= 15 is 0 Å². The van der Waals surface area contributed by atoms with Crippen LogP contribution in [0.5, 0.6) is 0 Å². The van der Waals surface area contributed by atoms with Crippen LogP contribution in [0.2, 0.25) is 0 Å². The molecule has 9 heteroatoms. The van der Waals surface area contributed by atoms with Crippen LogP contribution in [0.1, 0.15) is 12.8 Å². The maximum Gasteiger partial charge on any atom is 0.472 e. The molecular weight excluding hydrogens is 260 g/mol. The van der Waals surface area contributed by atoms with E-state index in [2.05, 4.69) is 4.52 Å². The number of nitriles is 1. The first kappa shape index (κ1) is 15.6. The zero-order chi connectivity index (χ0) is 13.6. The van der Waals surface area contributed by atoms with Crippen molar-refractivity contribution in [2.24, 2.45) is 0 Å². The minimum atomic E-state index is -4.12. The molecule has 1 N–H and O–H groups in total. The largest absolute Gasteiger partial charge is 0.472 e. The van der Waals surface area contributed by atoms with Gasteiger partial charge in [0.15, 0.2) is 0 Å². The molecule has 1 fully saturated rings. The van der Waals surface area contributed by atoms with Gasteiger partial charge in [-0.2, -0.15) is 5.26 Å². The third-order valence-electron chi connectivity index (χ3n) is 2.56. The number of methoxy groups -OCH3 is 1. The first-order valence-electron chi connectivity index (χ1n) is 5.65. The van der Waals surface area contributed by atoms with E-state index in [-0.39, 0.29) is 37.8 Å². The van der Waals surface area contributed by atoms with Crippen molar-refractivity contribution < 1.29 is 28.0 Å². The normalized spacial score (nSPS) is 30.8. The fraction of sp³-hybridized carbons (Fsp3) is 0.889. The van der Waals surface area contributed by atoms with Gasteiger partial charge in [-0.1, -0.05) is 0 Å². The Morgan fingerprint density at radius 3 is 2.94 bits per heavy atom. The molecule has 18 heavy (non-hydrogen) atoms. The molecule has 2 unspecified atom stereocenters. The number of phosphoric ester groups is 1. The summed E-state index contributed by atoms with van der Waals surface area (Å²) >= 11 is 0. The van der Waals surface area contributed by atoms with Gasteiger partial charge in [-0.05, 0) is 6.42 Å². The van der Waals surface area contributed by atoms with Crippen molar-refractivity contribution in [1.29, 1.82) is 5.26 Å². The van der Waals surface area contributed by atoms with Crippen LogP contribution in [0.25, 0.3) is 0 Å². The van der Waals surface area contributed by atoms with E-state index in [1.807, 2.05) is 7.85 Å². The number of nitrogens with zero attached hydrogens (tertiary/aromatic N) is 1. The number of phosphoric acid groups is 1. The van der Waals surface area contributed by atoms with Crippen LogP contribution in [-0.4, -0.2) is 51.3 Å². The van der Waals surface area contributed by atoms with Crippen LogP contribution >= 0.6 is 7.82 Å². The van der Waals surface area contributed by atoms with Crippen LogP contribution in [0.4, 0.5) is 0 Å². The van der Waals surface area contributed by atoms with Gasteiger partial charge in [0, 0.05) is 13.1 Å². The van der Waals surface area contributed by atoms with Crippen molar-refractivity contribution in [1.82, 2.24) is 0 Å². The molecule has 0 aromatic carbocycles. The molecule has 0 bridgehead atoms. The SMILES string of the molecule is B[C@H]1C[C@@H](OC)C(COP(=O)(O)OCCC#N)O1. The number of hydrogen-bond acceptors (Lipinski definition) is 6. The number of rotatable bonds is 7. The lowest BCUT2D eigenvalue weighted by atomic mass is 9.96. The fourth-order valence-corrected chi connectivity index (χ4v) is 2.46. The van der Waals surface area contributed by atoms with Crippen LogP contribution in [0.15, 0.2) is 0 Å². The van der Waals surface area contributed by atoms with Gasteiger partial charge in [0.2, 0.25) is 0 Å². The van der Waals surface area contributed by atoms with Crippen molar-refractivity contribution in [2.45, 2.75) is 31.1 Å². The maximum atomic E-state index is 11.4. The van der Waals surface area contributed by atoms with Gasteiger partial charge in [-0.25, -0.2) is 4.57 Å². The highest BCUT2D eigenvalue weighted by Crippen LogP contribution is 2.43. The Morgan fingerprint density at radius 1 is 1.61 bits per heavy atom. The van der Waals surface area contributed by atoms with Crippen LogP contribution in [0, 0.1) is 11.3 Å². The van der Waals surface area contributed by atoms with Crippen molar-refractivity contribution in [3.05, 3.63) is 0 Å². The average molecular weight is 277 g/mol. The Balaban J connectivity index is 2.35. The molecule has 0 amide bonds. The van der Waals surface area contributed by atoms with E-state index in [0.29, 0.717) is 0 Å². The van der Waals surface area contributed by atoms with Gasteiger partial charge in [0.25, 0.3) is 0 Å². The van der Waals surface area contributed by atoms with Crippen LogP contribution < -0.4 is 0 Å². The molecule has 0 aliphatic carbocycles. The second-order valence-electron chi connectivity index (χ2n) is 4.00. The quantitative estimate of drug-likeness (QED) is 0.390. The number of ether oxygens (including phenoxy) is 2. The zero-order valence-corrected chi connectivity index (χ0v) is 11.3. The fourth-order valence-electron chi connectivity index (χ4n) is 1.73. The Kier molecular flexibility index (Phi) is 6.29. The van der Waals surface area contributed by atoms with E-state index < -0.39 is 7.82 Å². The molecule has 1 saturated heterocycles. The predicted octanol–water partition coefficient (Wildman–Crippen LogP) is -0.203. The van der Waals surface area contributed by atoms with E-state index in [1.54, 1.807) is 13.2 Å². The lowest BCUT2D eigenvalue weighted by Crippen LogP contribution is -2.28. The van der Waals surface area contributed by atoms with E-state index in [4.69, 9.17) is 19.3 Å². The summed E-state index contributed by atoms with van der Waals surface area (Å²) in [6.45, 7) is -0.219. The molecule has 1 rings (SSSR count). The van der Waals surface area contributed by atoms with E-state index in [9.17, 15) is 9.46 Å². The molecule has 102 valence electrons. The highest BCUT2D eigenvalue weighted by Gasteiger charge is 2.35. The van der Waals surface area contributed by atoms with Gasteiger partial charge in [0.1, 0.15) is 14.0 Å². The third-order valence-corrected chi connectivity index (χ3v) is 3.54. The van der Waals surface area contributed by atoms with E-state index in [1.165, 1.54) is 0 Å². The second-order valence-corrected chi connectivity index (χ2v) is 5.45. The molecule has 7 nitrogen and oxygen atoms in total. The van der Waals surface area contributed by atoms with Crippen molar-refractivity contribution in [3.63, 3.8) is 0 Å². The second kappa shape index (κ2) is 7.24. The van der Waals surface area contributed by atoms with Crippen molar-refractivity contribution in [3.8, 4) is 6.07 Å². The van der Waals surface area contributed by atoms with Crippen LogP contribution in [-0.2, 0) is 23.1 Å². The van der Waals surface area contributed by atoms with Gasteiger partial charge < -0.3 is 14.4 Å². The van der Waals surface area contributed by atoms with Gasteiger partial charge in [0.05, 0.1) is 31.8 Å². The highest BCUT2D eigenvalue weighted by molar-refractivity contribution is 7.47. The summed E-state index contributed by atoms with van der Waals surface area (Å²) < 4.78 is 31.5. The first-order valence-corrected chi connectivity index (χ1v) is 7.15.